The third kappa shape index (κ3) is 5.91. The minimum atomic E-state index is -0.539. The Kier molecular flexibility index (Phi) is 7.05. The predicted molar refractivity (Wildman–Crippen MR) is 109 cm³/mol. The summed E-state index contributed by atoms with van der Waals surface area (Å²) in [6, 6.07) is 5.18. The molecule has 0 saturated carbocycles. The van der Waals surface area contributed by atoms with Gasteiger partial charge < -0.3 is 19.9 Å². The standard InChI is InChI=1S/C20H29N5O4/c1-15-3-4-17(16(2)13-15)21-19(27)22-18(26)14-23-5-7-24(8-6-23)20(28)25-9-11-29-12-10-25/h3-4,13H,5-12,14H2,1-2H3,(H2,21,22,26,27). The summed E-state index contributed by atoms with van der Waals surface area (Å²) in [6.45, 7) is 8.75. The van der Waals surface area contributed by atoms with Crippen LogP contribution in [0.2, 0.25) is 0 Å². The lowest BCUT2D eigenvalue weighted by Crippen LogP contribution is -2.56. The highest BCUT2D eigenvalue weighted by Gasteiger charge is 2.27. The summed E-state index contributed by atoms with van der Waals surface area (Å²) >= 11 is 0. The van der Waals surface area contributed by atoms with E-state index in [-0.39, 0.29) is 18.5 Å². The van der Waals surface area contributed by atoms with Crippen LogP contribution < -0.4 is 10.6 Å². The number of amides is 5. The second kappa shape index (κ2) is 9.71. The molecule has 2 saturated heterocycles. The Hall–Kier alpha value is -2.65. The van der Waals surface area contributed by atoms with Crippen molar-refractivity contribution in [2.24, 2.45) is 0 Å². The fourth-order valence-corrected chi connectivity index (χ4v) is 3.53. The Morgan fingerprint density at radius 3 is 2.28 bits per heavy atom. The zero-order valence-electron chi connectivity index (χ0n) is 17.1. The van der Waals surface area contributed by atoms with Crippen molar-refractivity contribution in [1.29, 1.82) is 0 Å². The molecule has 1 aromatic carbocycles. The number of nitrogens with zero attached hydrogens (tertiary/aromatic N) is 3. The zero-order chi connectivity index (χ0) is 20.8. The number of nitrogens with one attached hydrogen (secondary N) is 2. The van der Waals surface area contributed by atoms with Gasteiger partial charge in [-0.25, -0.2) is 9.59 Å². The summed E-state index contributed by atoms with van der Waals surface area (Å²) in [4.78, 5) is 42.3. The molecule has 158 valence electrons. The second-order valence-electron chi connectivity index (χ2n) is 7.47. The topological polar surface area (TPSA) is 94.2 Å². The molecule has 0 aliphatic carbocycles. The molecule has 5 amide bonds. The molecular weight excluding hydrogens is 374 g/mol. The Morgan fingerprint density at radius 1 is 0.966 bits per heavy atom. The molecule has 2 N–H and O–H groups in total. The maximum Gasteiger partial charge on any atom is 0.325 e. The molecule has 1 aromatic rings. The van der Waals surface area contributed by atoms with Gasteiger partial charge in [0.15, 0.2) is 0 Å². The number of piperazine rings is 1. The number of benzene rings is 1. The van der Waals surface area contributed by atoms with Gasteiger partial charge in [-0.3, -0.25) is 15.0 Å². The van der Waals surface area contributed by atoms with Gasteiger partial charge in [-0.15, -0.1) is 0 Å². The molecule has 0 radical (unpaired) electrons. The summed E-state index contributed by atoms with van der Waals surface area (Å²) in [5, 5.41) is 5.08. The van der Waals surface area contributed by atoms with Crippen molar-refractivity contribution >= 4 is 23.7 Å². The van der Waals surface area contributed by atoms with Crippen LogP contribution in [0.4, 0.5) is 15.3 Å². The van der Waals surface area contributed by atoms with E-state index in [0.29, 0.717) is 58.2 Å². The molecule has 0 bridgehead atoms. The lowest BCUT2D eigenvalue weighted by molar-refractivity contribution is -0.121. The van der Waals surface area contributed by atoms with Crippen LogP contribution >= 0.6 is 0 Å². The van der Waals surface area contributed by atoms with Crippen molar-refractivity contribution in [2.45, 2.75) is 13.8 Å². The number of hydrogen-bond acceptors (Lipinski definition) is 5. The number of urea groups is 2. The molecule has 2 fully saturated rings. The van der Waals surface area contributed by atoms with Gasteiger partial charge in [-0.1, -0.05) is 17.7 Å². The van der Waals surface area contributed by atoms with Gasteiger partial charge in [-0.2, -0.15) is 0 Å². The van der Waals surface area contributed by atoms with Gasteiger partial charge in [0.25, 0.3) is 0 Å². The van der Waals surface area contributed by atoms with E-state index < -0.39 is 6.03 Å². The van der Waals surface area contributed by atoms with Gasteiger partial charge >= 0.3 is 12.1 Å². The first-order chi connectivity index (χ1) is 13.9. The fraction of sp³-hybridized carbons (Fsp3) is 0.550. The molecule has 29 heavy (non-hydrogen) atoms. The van der Waals surface area contributed by atoms with Crippen LogP contribution in [0.25, 0.3) is 0 Å². The van der Waals surface area contributed by atoms with Crippen LogP contribution in [0, 0.1) is 13.8 Å². The van der Waals surface area contributed by atoms with E-state index in [1.165, 1.54) is 0 Å². The Balaban J connectivity index is 1.40. The predicted octanol–water partition coefficient (Wildman–Crippen LogP) is 1.02. The summed E-state index contributed by atoms with van der Waals surface area (Å²) in [5.41, 5.74) is 2.72. The molecule has 0 aromatic heterocycles. The van der Waals surface area contributed by atoms with Crippen molar-refractivity contribution < 1.29 is 19.1 Å². The molecule has 2 heterocycles. The molecule has 3 rings (SSSR count). The van der Waals surface area contributed by atoms with Crippen LogP contribution in [0.1, 0.15) is 11.1 Å². The highest BCUT2D eigenvalue weighted by atomic mass is 16.5. The largest absolute Gasteiger partial charge is 0.378 e. The minimum absolute atomic E-state index is 0.0326. The van der Waals surface area contributed by atoms with Crippen LogP contribution in [-0.4, -0.2) is 91.7 Å². The van der Waals surface area contributed by atoms with Crippen molar-refractivity contribution in [3.63, 3.8) is 0 Å². The maximum absolute atomic E-state index is 12.5. The normalized spacial score (nSPS) is 17.7. The van der Waals surface area contributed by atoms with E-state index in [1.807, 2.05) is 46.7 Å². The van der Waals surface area contributed by atoms with Crippen molar-refractivity contribution in [1.82, 2.24) is 20.0 Å². The smallest absolute Gasteiger partial charge is 0.325 e. The first-order valence-electron chi connectivity index (χ1n) is 9.94. The van der Waals surface area contributed by atoms with Gasteiger partial charge in [0.2, 0.25) is 5.91 Å². The number of carbonyl (C=O) groups excluding carboxylic acids is 3. The first-order valence-corrected chi connectivity index (χ1v) is 9.94. The molecule has 9 nitrogen and oxygen atoms in total. The van der Waals surface area contributed by atoms with Crippen molar-refractivity contribution in [2.75, 3.05) is 64.3 Å². The number of anilines is 1. The third-order valence-electron chi connectivity index (χ3n) is 5.17. The minimum Gasteiger partial charge on any atom is -0.378 e. The highest BCUT2D eigenvalue weighted by Crippen LogP contribution is 2.15. The van der Waals surface area contributed by atoms with E-state index in [9.17, 15) is 14.4 Å². The van der Waals surface area contributed by atoms with E-state index in [4.69, 9.17) is 4.74 Å². The quantitative estimate of drug-likeness (QED) is 0.786. The van der Waals surface area contributed by atoms with Crippen LogP contribution in [0.3, 0.4) is 0 Å². The summed E-state index contributed by atoms with van der Waals surface area (Å²) in [7, 11) is 0. The number of rotatable bonds is 3. The second-order valence-corrected chi connectivity index (χ2v) is 7.47. The molecule has 9 heteroatoms. The fourth-order valence-electron chi connectivity index (χ4n) is 3.53. The van der Waals surface area contributed by atoms with Crippen LogP contribution in [0.15, 0.2) is 18.2 Å². The third-order valence-corrected chi connectivity index (χ3v) is 5.17. The van der Waals surface area contributed by atoms with E-state index in [1.54, 1.807) is 0 Å². The lowest BCUT2D eigenvalue weighted by atomic mass is 10.1. The Bertz CT molecular complexity index is 755. The van der Waals surface area contributed by atoms with E-state index in [0.717, 1.165) is 11.1 Å². The molecule has 0 atom stereocenters. The molecule has 0 unspecified atom stereocenters. The zero-order valence-corrected chi connectivity index (χ0v) is 17.1. The monoisotopic (exact) mass is 403 g/mol. The average molecular weight is 403 g/mol. The van der Waals surface area contributed by atoms with Crippen molar-refractivity contribution in [3.05, 3.63) is 29.3 Å². The average Bonchev–Trinajstić information content (AvgIpc) is 2.70. The van der Waals surface area contributed by atoms with E-state index >= 15 is 0 Å². The summed E-state index contributed by atoms with van der Waals surface area (Å²) in [5.74, 6) is -0.361. The molecular formula is C20H29N5O4. The van der Waals surface area contributed by atoms with Gasteiger partial charge in [0.1, 0.15) is 0 Å². The lowest BCUT2D eigenvalue weighted by Gasteiger charge is -2.38. The molecule has 2 aliphatic heterocycles. The van der Waals surface area contributed by atoms with Gasteiger partial charge in [0, 0.05) is 45.0 Å². The van der Waals surface area contributed by atoms with Crippen molar-refractivity contribution in [3.8, 4) is 0 Å². The first kappa shape index (κ1) is 21.1. The number of aryl methyl sites for hydroxylation is 2. The highest BCUT2D eigenvalue weighted by molar-refractivity contribution is 6.02. The number of ether oxygens (including phenoxy) is 1. The SMILES string of the molecule is Cc1ccc(NC(=O)NC(=O)CN2CCN(C(=O)N3CCOCC3)CC2)c(C)c1. The number of imide groups is 1. The van der Waals surface area contributed by atoms with Crippen LogP contribution in [0.5, 0.6) is 0 Å². The Labute approximate surface area is 171 Å². The molecule has 2 aliphatic rings. The number of morpholine rings is 1. The Morgan fingerprint density at radius 2 is 1.62 bits per heavy atom. The summed E-state index contributed by atoms with van der Waals surface area (Å²) < 4.78 is 5.28. The van der Waals surface area contributed by atoms with Gasteiger partial charge in [-0.05, 0) is 25.5 Å². The number of carbonyl (C=O) groups is 3. The van der Waals surface area contributed by atoms with Gasteiger partial charge in [0.05, 0.1) is 19.8 Å². The summed E-state index contributed by atoms with van der Waals surface area (Å²) in [6.07, 6.45) is 0. The molecule has 0 spiro atoms. The van der Waals surface area contributed by atoms with E-state index in [2.05, 4.69) is 10.6 Å². The maximum atomic E-state index is 12.5. The van der Waals surface area contributed by atoms with Crippen LogP contribution in [-0.2, 0) is 9.53 Å². The number of hydrogen-bond donors (Lipinski definition) is 2.